The van der Waals surface area contributed by atoms with Crippen molar-refractivity contribution in [2.24, 2.45) is 0 Å². The van der Waals surface area contributed by atoms with Crippen LogP contribution in [0.3, 0.4) is 0 Å². The minimum Gasteiger partial charge on any atom is -0.508 e. The highest BCUT2D eigenvalue weighted by molar-refractivity contribution is 5.90. The fraction of sp³-hybridized carbons (Fsp3) is 0.360. The number of ether oxygens (including phenoxy) is 2. The van der Waals surface area contributed by atoms with Crippen LogP contribution < -0.4 is 5.56 Å². The third-order valence-corrected chi connectivity index (χ3v) is 6.78. The number of phenolic OH excluding ortho intramolecular Hbond substituents is 1. The van der Waals surface area contributed by atoms with Gasteiger partial charge in [0, 0.05) is 16.5 Å². The van der Waals surface area contributed by atoms with Crippen molar-refractivity contribution in [1.29, 1.82) is 0 Å². The third-order valence-electron chi connectivity index (χ3n) is 6.78. The molecule has 5 rings (SSSR count). The lowest BCUT2D eigenvalue weighted by Gasteiger charge is -2.36. The zero-order valence-electron chi connectivity index (χ0n) is 18.9. The lowest BCUT2D eigenvalue weighted by Crippen LogP contribution is -2.46. The number of hydrogen-bond donors (Lipinski definition) is 2. The van der Waals surface area contributed by atoms with Crippen molar-refractivity contribution in [3.05, 3.63) is 56.9 Å². The maximum Gasteiger partial charge on any atom is 0.343 e. The van der Waals surface area contributed by atoms with Gasteiger partial charge in [0.2, 0.25) is 0 Å². The summed E-state index contributed by atoms with van der Waals surface area (Å²) in [6.07, 6.45) is 0.586. The number of aryl methyl sites for hydroxylation is 1. The van der Waals surface area contributed by atoms with Crippen molar-refractivity contribution in [3.63, 3.8) is 0 Å². The topological polar surface area (TPSA) is 128 Å². The number of rotatable bonds is 6. The molecule has 0 unspecified atom stereocenters. The number of aromatic nitrogens is 2. The molecule has 1 aromatic carbocycles. The molecule has 176 valence electrons. The molecule has 34 heavy (non-hydrogen) atoms. The molecular formula is C25H24N2O7. The van der Waals surface area contributed by atoms with Gasteiger partial charge in [0.05, 0.1) is 42.0 Å². The number of carboxylic acids is 1. The standard InChI is InChI=1S/C25H24N2O7/c1-3-14-15-9-13(28)5-6-19(15)26-22-16(14)11-27-20(22)10-18-17(23(27)31)12-33-24(32)25(18,4-2)34-8-7-21(29)30/h5-6,9-10,28H,3-4,7-8,11-12H2,1-2H3,(H,29,30)/t25-/m0/s1. The lowest BCUT2D eigenvalue weighted by molar-refractivity contribution is -0.182. The van der Waals surface area contributed by atoms with Crippen LogP contribution in [-0.2, 0) is 44.2 Å². The van der Waals surface area contributed by atoms with E-state index < -0.39 is 17.5 Å². The Bertz CT molecular complexity index is 1430. The molecule has 0 bridgehead atoms. The first-order chi connectivity index (χ1) is 16.3. The number of pyridine rings is 2. The number of cyclic esters (lactones) is 1. The van der Waals surface area contributed by atoms with E-state index in [2.05, 4.69) is 0 Å². The van der Waals surface area contributed by atoms with E-state index in [-0.39, 0.29) is 37.4 Å². The Kier molecular flexibility index (Phi) is 5.16. The molecule has 3 aromatic rings. The second kappa shape index (κ2) is 7.95. The molecular weight excluding hydrogens is 440 g/mol. The van der Waals surface area contributed by atoms with Gasteiger partial charge in [0.1, 0.15) is 12.4 Å². The molecule has 9 heteroatoms. The molecule has 9 nitrogen and oxygen atoms in total. The highest BCUT2D eigenvalue weighted by Crippen LogP contribution is 2.42. The van der Waals surface area contributed by atoms with Crippen molar-refractivity contribution in [3.8, 4) is 17.1 Å². The van der Waals surface area contributed by atoms with Gasteiger partial charge in [0.25, 0.3) is 5.56 Å². The van der Waals surface area contributed by atoms with E-state index in [1.807, 2.05) is 6.92 Å². The first-order valence-corrected chi connectivity index (χ1v) is 11.3. The molecule has 4 heterocycles. The number of aliphatic carboxylic acids is 1. The molecule has 0 aliphatic carbocycles. The van der Waals surface area contributed by atoms with Gasteiger partial charge in [-0.3, -0.25) is 9.59 Å². The number of carbonyl (C=O) groups is 2. The number of fused-ring (bicyclic) bond motifs is 5. The van der Waals surface area contributed by atoms with Crippen LogP contribution in [0.4, 0.5) is 0 Å². The lowest BCUT2D eigenvalue weighted by atomic mass is 9.85. The normalized spacial score (nSPS) is 18.4. The number of nitrogens with zero attached hydrogens (tertiary/aromatic N) is 2. The van der Waals surface area contributed by atoms with Crippen LogP contribution in [0.2, 0.25) is 0 Å². The van der Waals surface area contributed by atoms with Gasteiger partial charge in [0.15, 0.2) is 5.60 Å². The first-order valence-electron chi connectivity index (χ1n) is 11.3. The summed E-state index contributed by atoms with van der Waals surface area (Å²) in [6.45, 7) is 3.71. The van der Waals surface area contributed by atoms with Crippen molar-refractivity contribution < 1.29 is 29.3 Å². The molecule has 0 saturated heterocycles. The molecule has 2 aliphatic heterocycles. The van der Waals surface area contributed by atoms with Crippen LogP contribution >= 0.6 is 0 Å². The van der Waals surface area contributed by atoms with E-state index in [1.165, 1.54) is 0 Å². The Morgan fingerprint density at radius 3 is 2.74 bits per heavy atom. The Labute approximate surface area is 194 Å². The Hall–Kier alpha value is -3.72. The Morgan fingerprint density at radius 2 is 2.03 bits per heavy atom. The van der Waals surface area contributed by atoms with E-state index in [0.717, 1.165) is 16.5 Å². The summed E-state index contributed by atoms with van der Waals surface area (Å²) >= 11 is 0. The average molecular weight is 464 g/mol. The quantitative estimate of drug-likeness (QED) is 0.417. The maximum atomic E-state index is 13.6. The summed E-state index contributed by atoms with van der Waals surface area (Å²) in [5, 5.41) is 19.9. The zero-order chi connectivity index (χ0) is 24.2. The number of esters is 1. The number of phenols is 1. The largest absolute Gasteiger partial charge is 0.508 e. The summed E-state index contributed by atoms with van der Waals surface area (Å²) in [5.74, 6) is -1.53. The van der Waals surface area contributed by atoms with Crippen LogP contribution in [-0.4, -0.2) is 38.3 Å². The summed E-state index contributed by atoms with van der Waals surface area (Å²) in [6, 6.07) is 6.77. The molecule has 0 radical (unpaired) electrons. The molecule has 0 spiro atoms. The van der Waals surface area contributed by atoms with Crippen LogP contribution in [0.25, 0.3) is 22.3 Å². The second-order valence-electron chi connectivity index (χ2n) is 8.53. The molecule has 1 atom stereocenters. The van der Waals surface area contributed by atoms with E-state index in [4.69, 9.17) is 19.6 Å². The van der Waals surface area contributed by atoms with Gasteiger partial charge in [-0.2, -0.15) is 0 Å². The smallest absolute Gasteiger partial charge is 0.343 e. The second-order valence-corrected chi connectivity index (χ2v) is 8.53. The van der Waals surface area contributed by atoms with Crippen LogP contribution in [0, 0.1) is 0 Å². The number of aromatic hydroxyl groups is 1. The predicted molar refractivity (Wildman–Crippen MR) is 122 cm³/mol. The van der Waals surface area contributed by atoms with Gasteiger partial charge in [-0.25, -0.2) is 9.78 Å². The predicted octanol–water partition coefficient (Wildman–Crippen LogP) is 2.85. The van der Waals surface area contributed by atoms with E-state index >= 15 is 0 Å². The highest BCUT2D eigenvalue weighted by Gasteiger charge is 2.48. The summed E-state index contributed by atoms with van der Waals surface area (Å²) in [5.41, 5.74) is 2.74. The first kappa shape index (κ1) is 22.1. The fourth-order valence-electron chi connectivity index (χ4n) is 5.09. The van der Waals surface area contributed by atoms with Crippen LogP contribution in [0.15, 0.2) is 29.1 Å². The van der Waals surface area contributed by atoms with Gasteiger partial charge in [-0.1, -0.05) is 13.8 Å². The maximum absolute atomic E-state index is 13.6. The Balaban J connectivity index is 1.73. The van der Waals surface area contributed by atoms with Gasteiger partial charge in [-0.05, 0) is 42.7 Å². The van der Waals surface area contributed by atoms with Crippen molar-refractivity contribution in [2.75, 3.05) is 6.61 Å². The highest BCUT2D eigenvalue weighted by atomic mass is 16.6. The monoisotopic (exact) mass is 464 g/mol. The van der Waals surface area contributed by atoms with Gasteiger partial charge in [-0.15, -0.1) is 0 Å². The summed E-state index contributed by atoms with van der Waals surface area (Å²) in [7, 11) is 0. The average Bonchev–Trinajstić information content (AvgIpc) is 3.17. The van der Waals surface area contributed by atoms with Gasteiger partial charge < -0.3 is 24.3 Å². The zero-order valence-corrected chi connectivity index (χ0v) is 18.9. The number of carboxylic acid groups (broad SMARTS) is 1. The fourth-order valence-corrected chi connectivity index (χ4v) is 5.09. The molecule has 2 N–H and O–H groups in total. The summed E-state index contributed by atoms with van der Waals surface area (Å²) in [4.78, 5) is 42.3. The van der Waals surface area contributed by atoms with Crippen LogP contribution in [0.1, 0.15) is 48.9 Å². The summed E-state index contributed by atoms with van der Waals surface area (Å²) < 4.78 is 12.8. The number of hydrogen-bond acceptors (Lipinski definition) is 7. The molecule has 2 aromatic heterocycles. The van der Waals surface area contributed by atoms with Crippen molar-refractivity contribution >= 4 is 22.8 Å². The van der Waals surface area contributed by atoms with Crippen LogP contribution in [0.5, 0.6) is 5.75 Å². The van der Waals surface area contributed by atoms with Crippen molar-refractivity contribution in [2.45, 2.75) is 51.9 Å². The number of carbonyl (C=O) groups excluding carboxylic acids is 1. The molecule has 0 amide bonds. The van der Waals surface area contributed by atoms with E-state index in [0.29, 0.717) is 41.0 Å². The molecule has 0 saturated carbocycles. The SMILES string of the molecule is CCc1c2c(nc3ccc(O)cc13)-c1cc3c(c(=O)n1C2)COC(=O)[C@@]3(CC)OCCC(=O)O. The minimum atomic E-state index is -1.56. The van der Waals surface area contributed by atoms with Gasteiger partial charge >= 0.3 is 11.9 Å². The molecule has 0 fully saturated rings. The minimum absolute atomic E-state index is 0.147. The van der Waals surface area contributed by atoms with Crippen molar-refractivity contribution in [1.82, 2.24) is 9.55 Å². The number of benzene rings is 1. The van der Waals surface area contributed by atoms with E-state index in [1.54, 1.807) is 35.8 Å². The Morgan fingerprint density at radius 1 is 1.24 bits per heavy atom. The van der Waals surface area contributed by atoms with E-state index in [9.17, 15) is 19.5 Å². The molecule has 2 aliphatic rings. The third kappa shape index (κ3) is 3.11.